The van der Waals surface area contributed by atoms with Gasteiger partial charge in [-0.3, -0.25) is 0 Å². The molecule has 0 aliphatic rings. The smallest absolute Gasteiger partial charge is 0.391 e. The van der Waals surface area contributed by atoms with Crippen LogP contribution in [0.15, 0.2) is 41.6 Å². The minimum absolute atomic E-state index is 0.0370. The lowest BCUT2D eigenvalue weighted by atomic mass is 10.1. The van der Waals surface area contributed by atoms with Gasteiger partial charge in [0, 0.05) is 10.6 Å². The van der Waals surface area contributed by atoms with Gasteiger partial charge in [-0.2, -0.15) is 26.4 Å². The molecule has 146 valence electrons. The summed E-state index contributed by atoms with van der Waals surface area (Å²) in [6.07, 6.45) is -3.54. The monoisotopic (exact) mass is 460 g/mol. The second-order valence-electron chi connectivity index (χ2n) is 4.72. The zero-order valence-electron chi connectivity index (χ0n) is 13.1. The van der Waals surface area contributed by atoms with Crippen molar-refractivity contribution in [2.45, 2.75) is 12.8 Å². The summed E-state index contributed by atoms with van der Waals surface area (Å²) < 4.78 is 61.4. The second kappa shape index (κ2) is 10.5. The molecule has 0 saturated carbocycles. The number of benzene rings is 2. The molecule has 0 radical (unpaired) electrons. The molecule has 12 heteroatoms. The van der Waals surface area contributed by atoms with Crippen molar-refractivity contribution in [3.63, 3.8) is 0 Å². The molecule has 0 unspecified atom stereocenters. The van der Waals surface area contributed by atoms with Crippen molar-refractivity contribution in [2.75, 3.05) is 0 Å². The van der Waals surface area contributed by atoms with E-state index in [1.54, 1.807) is 18.2 Å². The number of hydrogen-bond acceptors (Lipinski definition) is 5. The van der Waals surface area contributed by atoms with Crippen molar-refractivity contribution >= 4 is 51.5 Å². The van der Waals surface area contributed by atoms with Crippen LogP contribution < -0.4 is 0 Å². The van der Waals surface area contributed by atoms with E-state index in [2.05, 4.69) is 5.16 Å². The first-order valence-electron chi connectivity index (χ1n) is 6.77. The fourth-order valence-corrected chi connectivity index (χ4v) is 2.24. The Labute approximate surface area is 168 Å². The van der Waals surface area contributed by atoms with E-state index >= 15 is 0 Å². The molecular formula is C15H10Cl3F3N2O3S. The lowest BCUT2D eigenvalue weighted by Gasteiger charge is -2.10. The zero-order chi connectivity index (χ0) is 20.6. The third-order valence-electron chi connectivity index (χ3n) is 2.80. The van der Waals surface area contributed by atoms with E-state index in [0.717, 1.165) is 24.4 Å². The van der Waals surface area contributed by atoms with Crippen LogP contribution in [0.2, 0.25) is 15.1 Å². The predicted octanol–water partition coefficient (Wildman–Crippen LogP) is 5.84. The van der Waals surface area contributed by atoms with E-state index in [1.807, 2.05) is 0 Å². The van der Waals surface area contributed by atoms with Gasteiger partial charge in [0.15, 0.2) is 0 Å². The van der Waals surface area contributed by atoms with Crippen molar-refractivity contribution in [3.05, 3.63) is 68.2 Å². The summed E-state index contributed by atoms with van der Waals surface area (Å²) in [7, 11) is -2.61. The summed E-state index contributed by atoms with van der Waals surface area (Å²) in [6.45, 7) is 0.0370. The number of nitrogens with one attached hydrogen (secondary N) is 1. The SMILES string of the molecule is FC(F)(F)c1ccc(Cl)cc1/C=N/OCc1ccc(Cl)c(Cl)c1.N=S(=O)=O. The average Bonchev–Trinajstić information content (AvgIpc) is 2.53. The van der Waals surface area contributed by atoms with Crippen LogP contribution >= 0.6 is 34.8 Å². The largest absolute Gasteiger partial charge is 0.417 e. The van der Waals surface area contributed by atoms with Gasteiger partial charge in [-0.05, 0) is 35.9 Å². The first-order chi connectivity index (χ1) is 12.5. The number of rotatable bonds is 4. The van der Waals surface area contributed by atoms with E-state index in [1.165, 1.54) is 0 Å². The van der Waals surface area contributed by atoms with Gasteiger partial charge in [0.05, 0.1) is 21.8 Å². The van der Waals surface area contributed by atoms with Crippen LogP contribution in [0, 0.1) is 4.78 Å². The van der Waals surface area contributed by atoms with Gasteiger partial charge in [0.1, 0.15) is 6.61 Å². The molecule has 5 nitrogen and oxygen atoms in total. The molecule has 0 atom stereocenters. The molecule has 0 aromatic heterocycles. The van der Waals surface area contributed by atoms with Crippen molar-refractivity contribution in [3.8, 4) is 0 Å². The summed E-state index contributed by atoms with van der Waals surface area (Å²) >= 11 is 17.3. The molecule has 0 bridgehead atoms. The molecule has 0 saturated heterocycles. The number of hydrogen-bond donors (Lipinski definition) is 1. The Kier molecular flexibility index (Phi) is 9.04. The van der Waals surface area contributed by atoms with Crippen molar-refractivity contribution < 1.29 is 26.4 Å². The maximum Gasteiger partial charge on any atom is 0.417 e. The summed E-state index contributed by atoms with van der Waals surface area (Å²) in [5.41, 5.74) is -0.346. The molecule has 1 N–H and O–H groups in total. The normalized spacial score (nSPS) is 11.0. The van der Waals surface area contributed by atoms with E-state index in [0.29, 0.717) is 15.6 Å². The van der Waals surface area contributed by atoms with Gasteiger partial charge < -0.3 is 4.84 Å². The van der Waals surface area contributed by atoms with E-state index in [4.69, 9.17) is 52.8 Å². The first-order valence-corrected chi connectivity index (χ1v) is 8.98. The van der Waals surface area contributed by atoms with Crippen molar-refractivity contribution in [1.82, 2.24) is 0 Å². The third-order valence-corrected chi connectivity index (χ3v) is 3.77. The van der Waals surface area contributed by atoms with E-state index < -0.39 is 22.2 Å². The molecule has 2 aromatic carbocycles. The zero-order valence-corrected chi connectivity index (χ0v) is 16.2. The van der Waals surface area contributed by atoms with Crippen LogP contribution in [0.1, 0.15) is 16.7 Å². The molecular weight excluding hydrogens is 452 g/mol. The van der Waals surface area contributed by atoms with Gasteiger partial charge in [-0.1, -0.05) is 46.0 Å². The highest BCUT2D eigenvalue weighted by Crippen LogP contribution is 2.32. The summed E-state index contributed by atoms with van der Waals surface area (Å²) in [5, 5.41) is 4.46. The van der Waals surface area contributed by atoms with Crippen LogP contribution in [0.5, 0.6) is 0 Å². The quantitative estimate of drug-likeness (QED) is 0.458. The Balaban J connectivity index is 0.000000828. The standard InChI is InChI=1S/C15H9Cl3F3NO.HNO2S/c16-11-2-3-12(15(19,20)21)10(6-11)7-22-23-8-9-1-4-13(17)14(18)5-9;1-4(2)3/h1-7H,8H2;1H/b22-7+;. The van der Waals surface area contributed by atoms with Gasteiger partial charge in [0.2, 0.25) is 0 Å². The highest BCUT2D eigenvalue weighted by atomic mass is 35.5. The average molecular weight is 462 g/mol. The third kappa shape index (κ3) is 8.61. The number of nitrogens with zero attached hydrogens (tertiary/aromatic N) is 1. The number of alkyl halides is 3. The van der Waals surface area contributed by atoms with E-state index in [9.17, 15) is 13.2 Å². The maximum absolute atomic E-state index is 12.9. The maximum atomic E-state index is 12.9. The minimum Gasteiger partial charge on any atom is -0.391 e. The highest BCUT2D eigenvalue weighted by Gasteiger charge is 2.32. The lowest BCUT2D eigenvalue weighted by molar-refractivity contribution is -0.137. The second-order valence-corrected chi connectivity index (χ2v) is 6.44. The van der Waals surface area contributed by atoms with Gasteiger partial charge >= 0.3 is 16.7 Å². The van der Waals surface area contributed by atoms with Crippen LogP contribution in [0.25, 0.3) is 0 Å². The summed E-state index contributed by atoms with van der Waals surface area (Å²) in [6, 6.07) is 8.06. The fraction of sp³-hybridized carbons (Fsp3) is 0.133. The summed E-state index contributed by atoms with van der Waals surface area (Å²) in [5.74, 6) is 0. The number of halogens is 6. The molecule has 0 heterocycles. The Morgan fingerprint density at radius 1 is 1.07 bits per heavy atom. The van der Waals surface area contributed by atoms with Crippen LogP contribution in [0.4, 0.5) is 13.2 Å². The van der Waals surface area contributed by atoms with Crippen LogP contribution in [-0.2, 0) is 28.1 Å². The Bertz CT molecular complexity index is 929. The molecule has 2 aromatic rings. The Hall–Kier alpha value is -1.81. The van der Waals surface area contributed by atoms with Crippen LogP contribution in [-0.4, -0.2) is 14.6 Å². The predicted molar refractivity (Wildman–Crippen MR) is 96.9 cm³/mol. The van der Waals surface area contributed by atoms with E-state index in [-0.39, 0.29) is 17.2 Å². The molecule has 2 rings (SSSR count). The molecule has 0 fully saturated rings. The molecule has 0 aliphatic carbocycles. The van der Waals surface area contributed by atoms with Crippen molar-refractivity contribution in [2.24, 2.45) is 5.16 Å². The number of oxime groups is 1. The van der Waals surface area contributed by atoms with Gasteiger partial charge in [-0.25, -0.2) is 0 Å². The topological polar surface area (TPSA) is 79.6 Å². The Morgan fingerprint density at radius 3 is 2.26 bits per heavy atom. The van der Waals surface area contributed by atoms with Crippen LogP contribution in [0.3, 0.4) is 0 Å². The van der Waals surface area contributed by atoms with Crippen molar-refractivity contribution in [1.29, 1.82) is 4.78 Å². The Morgan fingerprint density at radius 2 is 1.70 bits per heavy atom. The fourth-order valence-electron chi connectivity index (χ4n) is 1.73. The molecule has 0 spiro atoms. The summed E-state index contributed by atoms with van der Waals surface area (Å²) in [4.78, 5) is 4.98. The molecule has 0 amide bonds. The van der Waals surface area contributed by atoms with Gasteiger partial charge in [0.25, 0.3) is 0 Å². The first kappa shape index (κ1) is 23.2. The molecule has 27 heavy (non-hydrogen) atoms. The van der Waals surface area contributed by atoms with Gasteiger partial charge in [-0.15, -0.1) is 0 Å². The minimum atomic E-state index is -4.50. The lowest BCUT2D eigenvalue weighted by Crippen LogP contribution is -2.08. The molecule has 0 aliphatic heterocycles. The highest BCUT2D eigenvalue weighted by molar-refractivity contribution is 7.60.